The number of hydrogen-bond donors (Lipinski definition) is 1. The lowest BCUT2D eigenvalue weighted by atomic mass is 10.0. The SMILES string of the molecule is NC(C(=O)N1CCOC(C2CCCO2)C1)c1ccccc1. The Bertz CT molecular complexity index is 474. The van der Waals surface area contributed by atoms with E-state index in [1.165, 1.54) is 0 Å². The van der Waals surface area contributed by atoms with Crippen LogP contribution in [0, 0.1) is 0 Å². The van der Waals surface area contributed by atoms with Crippen LogP contribution in [-0.2, 0) is 14.3 Å². The van der Waals surface area contributed by atoms with Gasteiger partial charge in [0.1, 0.15) is 12.1 Å². The molecule has 0 aromatic heterocycles. The van der Waals surface area contributed by atoms with Gasteiger partial charge in [-0.25, -0.2) is 0 Å². The predicted molar refractivity (Wildman–Crippen MR) is 78.7 cm³/mol. The standard InChI is InChI=1S/C16H22N2O3/c17-15(12-5-2-1-3-6-12)16(19)18-8-10-21-14(11-18)13-7-4-9-20-13/h1-3,5-6,13-15H,4,7-11,17H2. The summed E-state index contributed by atoms with van der Waals surface area (Å²) in [6.45, 7) is 2.52. The van der Waals surface area contributed by atoms with Crippen molar-refractivity contribution in [1.82, 2.24) is 4.90 Å². The molecule has 0 saturated carbocycles. The Morgan fingerprint density at radius 1 is 1.19 bits per heavy atom. The minimum Gasteiger partial charge on any atom is -0.375 e. The number of morpholine rings is 1. The van der Waals surface area contributed by atoms with Crippen molar-refractivity contribution in [3.63, 3.8) is 0 Å². The molecule has 3 atom stereocenters. The van der Waals surface area contributed by atoms with Crippen LogP contribution in [0.5, 0.6) is 0 Å². The average Bonchev–Trinajstić information content (AvgIpc) is 3.09. The number of carbonyl (C=O) groups excluding carboxylic acids is 1. The van der Waals surface area contributed by atoms with Crippen LogP contribution in [0.4, 0.5) is 0 Å². The molecule has 0 bridgehead atoms. The molecule has 0 aliphatic carbocycles. The predicted octanol–water partition coefficient (Wildman–Crippen LogP) is 1.09. The minimum absolute atomic E-state index is 0.0202. The van der Waals surface area contributed by atoms with Crippen LogP contribution in [0.25, 0.3) is 0 Å². The third kappa shape index (κ3) is 3.26. The first-order chi connectivity index (χ1) is 10.3. The van der Waals surface area contributed by atoms with E-state index in [1.807, 2.05) is 35.2 Å². The Morgan fingerprint density at radius 2 is 1.95 bits per heavy atom. The molecular weight excluding hydrogens is 268 g/mol. The first-order valence-corrected chi connectivity index (χ1v) is 7.58. The Hall–Kier alpha value is -1.43. The van der Waals surface area contributed by atoms with Gasteiger partial charge in [0.15, 0.2) is 0 Å². The van der Waals surface area contributed by atoms with Gasteiger partial charge in [0.2, 0.25) is 5.91 Å². The van der Waals surface area contributed by atoms with Crippen LogP contribution >= 0.6 is 0 Å². The van der Waals surface area contributed by atoms with Gasteiger partial charge in [0.05, 0.1) is 12.7 Å². The molecule has 5 nitrogen and oxygen atoms in total. The van der Waals surface area contributed by atoms with Crippen molar-refractivity contribution < 1.29 is 14.3 Å². The summed E-state index contributed by atoms with van der Waals surface area (Å²) in [6, 6.07) is 8.90. The smallest absolute Gasteiger partial charge is 0.244 e. The highest BCUT2D eigenvalue weighted by atomic mass is 16.5. The fourth-order valence-electron chi connectivity index (χ4n) is 3.00. The van der Waals surface area contributed by atoms with E-state index in [2.05, 4.69) is 0 Å². The van der Waals surface area contributed by atoms with Crippen molar-refractivity contribution in [1.29, 1.82) is 0 Å². The molecule has 1 aromatic rings. The summed E-state index contributed by atoms with van der Waals surface area (Å²) >= 11 is 0. The van der Waals surface area contributed by atoms with Crippen LogP contribution in [0.2, 0.25) is 0 Å². The summed E-state index contributed by atoms with van der Waals surface area (Å²) in [4.78, 5) is 14.4. The zero-order valence-electron chi connectivity index (χ0n) is 12.1. The molecule has 114 valence electrons. The molecule has 3 rings (SSSR count). The monoisotopic (exact) mass is 290 g/mol. The molecule has 1 aromatic carbocycles. The Balaban J connectivity index is 1.64. The average molecular weight is 290 g/mol. The van der Waals surface area contributed by atoms with E-state index in [0.29, 0.717) is 19.7 Å². The third-order valence-corrected chi connectivity index (χ3v) is 4.21. The van der Waals surface area contributed by atoms with Crippen molar-refractivity contribution in [3.05, 3.63) is 35.9 Å². The van der Waals surface area contributed by atoms with E-state index in [9.17, 15) is 4.79 Å². The summed E-state index contributed by atoms with van der Waals surface area (Å²) in [5, 5.41) is 0. The molecule has 2 aliphatic rings. The molecule has 5 heteroatoms. The van der Waals surface area contributed by atoms with Gasteiger partial charge < -0.3 is 20.1 Å². The van der Waals surface area contributed by atoms with Gasteiger partial charge >= 0.3 is 0 Å². The second kappa shape index (κ2) is 6.56. The van der Waals surface area contributed by atoms with Crippen molar-refractivity contribution >= 4 is 5.91 Å². The molecular formula is C16H22N2O3. The van der Waals surface area contributed by atoms with Crippen LogP contribution in [-0.4, -0.2) is 49.3 Å². The van der Waals surface area contributed by atoms with Crippen molar-refractivity contribution in [2.24, 2.45) is 5.73 Å². The fraction of sp³-hybridized carbons (Fsp3) is 0.562. The van der Waals surface area contributed by atoms with Crippen molar-refractivity contribution in [2.45, 2.75) is 31.1 Å². The summed E-state index contributed by atoms with van der Waals surface area (Å²) < 4.78 is 11.4. The molecule has 1 amide bonds. The van der Waals surface area contributed by atoms with E-state index >= 15 is 0 Å². The molecule has 2 N–H and O–H groups in total. The van der Waals surface area contributed by atoms with Crippen LogP contribution in [0.3, 0.4) is 0 Å². The van der Waals surface area contributed by atoms with Gasteiger partial charge in [0.25, 0.3) is 0 Å². The highest BCUT2D eigenvalue weighted by Crippen LogP contribution is 2.22. The molecule has 21 heavy (non-hydrogen) atoms. The minimum atomic E-state index is -0.602. The van der Waals surface area contributed by atoms with Gasteiger partial charge in [0, 0.05) is 19.7 Å². The van der Waals surface area contributed by atoms with Crippen molar-refractivity contribution in [2.75, 3.05) is 26.3 Å². The highest BCUT2D eigenvalue weighted by Gasteiger charge is 2.34. The van der Waals surface area contributed by atoms with Gasteiger partial charge in [-0.2, -0.15) is 0 Å². The highest BCUT2D eigenvalue weighted by molar-refractivity contribution is 5.83. The summed E-state index contributed by atoms with van der Waals surface area (Å²) in [5.74, 6) is -0.0347. The molecule has 0 radical (unpaired) electrons. The number of benzene rings is 1. The summed E-state index contributed by atoms with van der Waals surface area (Å²) in [6.07, 6.45) is 2.18. The number of nitrogens with two attached hydrogens (primary N) is 1. The van der Waals surface area contributed by atoms with E-state index < -0.39 is 6.04 Å². The molecule has 2 heterocycles. The van der Waals surface area contributed by atoms with Crippen LogP contribution in [0.1, 0.15) is 24.4 Å². The van der Waals surface area contributed by atoms with E-state index in [4.69, 9.17) is 15.2 Å². The zero-order valence-corrected chi connectivity index (χ0v) is 12.1. The first kappa shape index (κ1) is 14.5. The van der Waals surface area contributed by atoms with Gasteiger partial charge in [-0.15, -0.1) is 0 Å². The topological polar surface area (TPSA) is 64.8 Å². The molecule has 3 unspecified atom stereocenters. The molecule has 2 saturated heterocycles. The first-order valence-electron chi connectivity index (χ1n) is 7.58. The van der Waals surface area contributed by atoms with E-state index in [1.54, 1.807) is 0 Å². The van der Waals surface area contributed by atoms with Gasteiger partial charge in [-0.05, 0) is 18.4 Å². The summed E-state index contributed by atoms with van der Waals surface area (Å²) in [7, 11) is 0. The normalized spacial score (nSPS) is 27.6. The number of carbonyl (C=O) groups is 1. The second-order valence-electron chi connectivity index (χ2n) is 5.63. The number of hydrogen-bond acceptors (Lipinski definition) is 4. The van der Waals surface area contributed by atoms with E-state index in [-0.39, 0.29) is 18.1 Å². The molecule has 0 spiro atoms. The molecule has 2 fully saturated rings. The lowest BCUT2D eigenvalue weighted by Gasteiger charge is -2.36. The largest absolute Gasteiger partial charge is 0.375 e. The quantitative estimate of drug-likeness (QED) is 0.905. The Kier molecular flexibility index (Phi) is 4.53. The lowest BCUT2D eigenvalue weighted by Crippen LogP contribution is -2.51. The van der Waals surface area contributed by atoms with Crippen LogP contribution in [0.15, 0.2) is 30.3 Å². The number of nitrogens with zero attached hydrogens (tertiary/aromatic N) is 1. The van der Waals surface area contributed by atoms with Gasteiger partial charge in [-0.3, -0.25) is 4.79 Å². The molecule has 2 aliphatic heterocycles. The maximum Gasteiger partial charge on any atom is 0.244 e. The van der Waals surface area contributed by atoms with Gasteiger partial charge in [-0.1, -0.05) is 30.3 Å². The number of ether oxygens (including phenoxy) is 2. The van der Waals surface area contributed by atoms with E-state index in [0.717, 1.165) is 25.0 Å². The second-order valence-corrected chi connectivity index (χ2v) is 5.63. The van der Waals surface area contributed by atoms with Crippen LogP contribution < -0.4 is 5.73 Å². The number of amides is 1. The maximum atomic E-state index is 12.6. The maximum absolute atomic E-state index is 12.6. The summed E-state index contributed by atoms with van der Waals surface area (Å²) in [5.41, 5.74) is 6.95. The number of rotatable bonds is 3. The zero-order chi connectivity index (χ0) is 14.7. The Morgan fingerprint density at radius 3 is 2.67 bits per heavy atom. The Labute approximate surface area is 125 Å². The third-order valence-electron chi connectivity index (χ3n) is 4.21. The van der Waals surface area contributed by atoms with Crippen molar-refractivity contribution in [3.8, 4) is 0 Å². The fourth-order valence-corrected chi connectivity index (χ4v) is 3.00. The lowest BCUT2D eigenvalue weighted by molar-refractivity contribution is -0.146.